The lowest BCUT2D eigenvalue weighted by atomic mass is 9.91. The number of Topliss-reactive ketones (excluding diaryl/α,β-unsaturated/α-hetero) is 1. The van der Waals surface area contributed by atoms with E-state index in [-0.39, 0.29) is 11.8 Å². The zero-order valence-corrected chi connectivity index (χ0v) is 8.95. The van der Waals surface area contributed by atoms with Crippen molar-refractivity contribution in [3.8, 4) is 0 Å². The average Bonchev–Trinajstić information content (AvgIpc) is 2.68. The van der Waals surface area contributed by atoms with Crippen molar-refractivity contribution >= 4 is 5.78 Å². The van der Waals surface area contributed by atoms with Gasteiger partial charge in [0.2, 0.25) is 0 Å². The minimum Gasteiger partial charge on any atom is -0.299 e. The SMILES string of the molecule is CCC(C)C(=O)C(C)Cc1cn[nH]n1. The van der Waals surface area contributed by atoms with E-state index in [2.05, 4.69) is 15.4 Å². The number of nitrogens with one attached hydrogen (secondary N) is 1. The molecule has 0 fully saturated rings. The van der Waals surface area contributed by atoms with Gasteiger partial charge in [-0.15, -0.1) is 0 Å². The van der Waals surface area contributed by atoms with Gasteiger partial charge in [-0.3, -0.25) is 4.79 Å². The molecule has 4 nitrogen and oxygen atoms in total. The summed E-state index contributed by atoms with van der Waals surface area (Å²) in [5.74, 6) is 0.502. The zero-order chi connectivity index (χ0) is 10.6. The first-order chi connectivity index (χ1) is 6.65. The molecular formula is C10H17N3O. The topological polar surface area (TPSA) is 58.6 Å². The summed E-state index contributed by atoms with van der Waals surface area (Å²) in [6.45, 7) is 5.95. The molecule has 0 radical (unpaired) electrons. The molecule has 0 spiro atoms. The maximum atomic E-state index is 11.7. The number of H-pyrrole nitrogens is 1. The fourth-order valence-electron chi connectivity index (χ4n) is 1.42. The van der Waals surface area contributed by atoms with Crippen LogP contribution in [-0.4, -0.2) is 21.2 Å². The molecule has 78 valence electrons. The number of nitrogens with zero attached hydrogens (tertiary/aromatic N) is 2. The van der Waals surface area contributed by atoms with E-state index in [0.29, 0.717) is 12.2 Å². The molecule has 0 aliphatic rings. The molecule has 2 atom stereocenters. The Morgan fingerprint density at radius 3 is 2.71 bits per heavy atom. The number of aromatic amines is 1. The molecule has 14 heavy (non-hydrogen) atoms. The lowest BCUT2D eigenvalue weighted by molar-refractivity contribution is -0.125. The van der Waals surface area contributed by atoms with Gasteiger partial charge in [0.05, 0.1) is 11.9 Å². The number of hydrogen-bond acceptors (Lipinski definition) is 3. The van der Waals surface area contributed by atoms with Crippen LogP contribution in [0.25, 0.3) is 0 Å². The van der Waals surface area contributed by atoms with Gasteiger partial charge in [0.15, 0.2) is 0 Å². The highest BCUT2D eigenvalue weighted by molar-refractivity contribution is 5.82. The standard InChI is InChI=1S/C10H17N3O/c1-4-7(2)10(14)8(3)5-9-6-11-13-12-9/h6-8H,4-5H2,1-3H3,(H,11,12,13). The molecule has 1 rings (SSSR count). The normalized spacial score (nSPS) is 15.1. The van der Waals surface area contributed by atoms with Crippen LogP contribution in [0.4, 0.5) is 0 Å². The van der Waals surface area contributed by atoms with E-state index in [1.165, 1.54) is 0 Å². The van der Waals surface area contributed by atoms with Crippen molar-refractivity contribution in [1.82, 2.24) is 15.4 Å². The molecule has 1 aromatic heterocycles. The predicted octanol–water partition coefficient (Wildman–Crippen LogP) is 1.60. The van der Waals surface area contributed by atoms with E-state index in [4.69, 9.17) is 0 Å². The van der Waals surface area contributed by atoms with Gasteiger partial charge in [0, 0.05) is 18.3 Å². The highest BCUT2D eigenvalue weighted by Gasteiger charge is 2.19. The van der Waals surface area contributed by atoms with Gasteiger partial charge in [-0.1, -0.05) is 20.8 Å². The molecule has 4 heteroatoms. The minimum atomic E-state index is 0.0371. The number of ketones is 1. The first-order valence-corrected chi connectivity index (χ1v) is 5.03. The first-order valence-electron chi connectivity index (χ1n) is 5.03. The molecule has 2 unspecified atom stereocenters. The maximum Gasteiger partial charge on any atom is 0.138 e. The molecule has 1 heterocycles. The third kappa shape index (κ3) is 2.65. The van der Waals surface area contributed by atoms with Crippen LogP contribution in [0.15, 0.2) is 6.20 Å². The third-order valence-corrected chi connectivity index (χ3v) is 2.56. The van der Waals surface area contributed by atoms with Crippen LogP contribution >= 0.6 is 0 Å². The minimum absolute atomic E-state index is 0.0371. The van der Waals surface area contributed by atoms with E-state index < -0.39 is 0 Å². The van der Waals surface area contributed by atoms with Crippen LogP contribution in [0.1, 0.15) is 32.9 Å². The Hall–Kier alpha value is -1.19. The molecule has 1 N–H and O–H groups in total. The largest absolute Gasteiger partial charge is 0.299 e. The van der Waals surface area contributed by atoms with E-state index in [0.717, 1.165) is 12.1 Å². The lowest BCUT2D eigenvalue weighted by Crippen LogP contribution is -2.20. The lowest BCUT2D eigenvalue weighted by Gasteiger charge is -2.13. The van der Waals surface area contributed by atoms with Gasteiger partial charge in [-0.05, 0) is 6.42 Å². The van der Waals surface area contributed by atoms with Gasteiger partial charge >= 0.3 is 0 Å². The molecule has 0 bridgehead atoms. The maximum absolute atomic E-state index is 11.7. The number of rotatable bonds is 5. The second-order valence-corrected chi connectivity index (χ2v) is 3.78. The van der Waals surface area contributed by atoms with Crippen molar-refractivity contribution in [1.29, 1.82) is 0 Å². The predicted molar refractivity (Wildman–Crippen MR) is 53.7 cm³/mol. The highest BCUT2D eigenvalue weighted by atomic mass is 16.1. The Kier molecular flexibility index (Phi) is 3.80. The van der Waals surface area contributed by atoms with Crippen LogP contribution in [0, 0.1) is 11.8 Å². The second kappa shape index (κ2) is 4.88. The molecule has 1 aromatic rings. The van der Waals surface area contributed by atoms with Gasteiger partial charge in [0.1, 0.15) is 5.78 Å². The van der Waals surface area contributed by atoms with Crippen molar-refractivity contribution in [3.05, 3.63) is 11.9 Å². The first kappa shape index (κ1) is 10.9. The zero-order valence-electron chi connectivity index (χ0n) is 8.95. The third-order valence-electron chi connectivity index (χ3n) is 2.56. The molecular weight excluding hydrogens is 178 g/mol. The monoisotopic (exact) mass is 195 g/mol. The summed E-state index contributed by atoms with van der Waals surface area (Å²) in [4.78, 5) is 11.7. The number of carbonyl (C=O) groups excluding carboxylic acids is 1. The molecule has 0 aliphatic carbocycles. The number of hydrogen-bond donors (Lipinski definition) is 1. The van der Waals surface area contributed by atoms with E-state index in [9.17, 15) is 4.79 Å². The van der Waals surface area contributed by atoms with E-state index in [1.807, 2.05) is 20.8 Å². The van der Waals surface area contributed by atoms with Crippen LogP contribution in [0.2, 0.25) is 0 Å². The van der Waals surface area contributed by atoms with Crippen molar-refractivity contribution < 1.29 is 4.79 Å². The summed E-state index contributed by atoms with van der Waals surface area (Å²) in [6, 6.07) is 0. The highest BCUT2D eigenvalue weighted by Crippen LogP contribution is 2.13. The van der Waals surface area contributed by atoms with Crippen LogP contribution in [-0.2, 0) is 11.2 Å². The van der Waals surface area contributed by atoms with Crippen molar-refractivity contribution in [2.75, 3.05) is 0 Å². The number of carbonyl (C=O) groups is 1. The van der Waals surface area contributed by atoms with E-state index >= 15 is 0 Å². The van der Waals surface area contributed by atoms with Crippen LogP contribution in [0.5, 0.6) is 0 Å². The Morgan fingerprint density at radius 2 is 2.21 bits per heavy atom. The Labute approximate surface area is 84.1 Å². The fourth-order valence-corrected chi connectivity index (χ4v) is 1.42. The summed E-state index contributed by atoms with van der Waals surface area (Å²) in [6.07, 6.45) is 3.25. The molecule has 0 aromatic carbocycles. The molecule has 0 saturated heterocycles. The molecule has 0 saturated carbocycles. The van der Waals surface area contributed by atoms with Crippen molar-refractivity contribution in [3.63, 3.8) is 0 Å². The summed E-state index contributed by atoms with van der Waals surface area (Å²) < 4.78 is 0. The summed E-state index contributed by atoms with van der Waals surface area (Å²) in [5.41, 5.74) is 0.856. The molecule has 0 amide bonds. The number of aromatic nitrogens is 3. The Bertz CT molecular complexity index is 282. The van der Waals surface area contributed by atoms with Gasteiger partial charge in [-0.25, -0.2) is 0 Å². The molecule has 0 aliphatic heterocycles. The van der Waals surface area contributed by atoms with Crippen molar-refractivity contribution in [2.45, 2.75) is 33.6 Å². The van der Waals surface area contributed by atoms with Gasteiger partial charge in [0.25, 0.3) is 0 Å². The summed E-state index contributed by atoms with van der Waals surface area (Å²) in [5, 5.41) is 10.2. The summed E-state index contributed by atoms with van der Waals surface area (Å²) >= 11 is 0. The quantitative estimate of drug-likeness (QED) is 0.776. The van der Waals surface area contributed by atoms with Gasteiger partial charge < -0.3 is 0 Å². The smallest absolute Gasteiger partial charge is 0.138 e. The Balaban J connectivity index is 2.50. The summed E-state index contributed by atoms with van der Waals surface area (Å²) in [7, 11) is 0. The van der Waals surface area contributed by atoms with Crippen LogP contribution in [0.3, 0.4) is 0 Å². The van der Waals surface area contributed by atoms with Crippen molar-refractivity contribution in [2.24, 2.45) is 11.8 Å². The Morgan fingerprint density at radius 1 is 1.50 bits per heavy atom. The van der Waals surface area contributed by atoms with Gasteiger partial charge in [-0.2, -0.15) is 15.4 Å². The second-order valence-electron chi connectivity index (χ2n) is 3.78. The van der Waals surface area contributed by atoms with E-state index in [1.54, 1.807) is 6.20 Å². The average molecular weight is 195 g/mol. The fraction of sp³-hybridized carbons (Fsp3) is 0.700. The van der Waals surface area contributed by atoms with Crippen LogP contribution < -0.4 is 0 Å².